The van der Waals surface area contributed by atoms with Crippen LogP contribution in [0.4, 0.5) is 0 Å². The van der Waals surface area contributed by atoms with Crippen molar-refractivity contribution in [3.05, 3.63) is 27.4 Å². The number of aromatic nitrogens is 1. The Hall–Kier alpha value is -1.24. The number of hydrogen-bond donors (Lipinski definition) is 2. The summed E-state index contributed by atoms with van der Waals surface area (Å²) in [6.07, 6.45) is 1.12. The maximum atomic E-state index is 12.1. The highest BCUT2D eigenvalue weighted by Gasteiger charge is 2.17. The Morgan fingerprint density at radius 2 is 2.35 bits per heavy atom. The Labute approximate surface area is 126 Å². The van der Waals surface area contributed by atoms with Crippen LogP contribution in [0.15, 0.2) is 16.8 Å². The SMILES string of the molecule is CCCC(O)CNC(=O)c1sc(-c2ccsc2)nc1C. The zero-order chi connectivity index (χ0) is 14.5. The molecule has 2 aromatic rings. The predicted molar refractivity (Wildman–Crippen MR) is 83.4 cm³/mol. The van der Waals surface area contributed by atoms with E-state index in [0.29, 0.717) is 11.3 Å². The van der Waals surface area contributed by atoms with Gasteiger partial charge in [0.15, 0.2) is 0 Å². The molecule has 0 bridgehead atoms. The zero-order valence-electron chi connectivity index (χ0n) is 11.5. The van der Waals surface area contributed by atoms with Gasteiger partial charge in [-0.3, -0.25) is 4.79 Å². The molecule has 1 unspecified atom stereocenters. The van der Waals surface area contributed by atoms with Crippen LogP contribution < -0.4 is 5.32 Å². The first kappa shape index (κ1) is 15.2. The Morgan fingerprint density at radius 1 is 1.55 bits per heavy atom. The number of rotatable bonds is 6. The maximum absolute atomic E-state index is 12.1. The van der Waals surface area contributed by atoms with Crippen molar-refractivity contribution in [3.63, 3.8) is 0 Å². The number of thiophene rings is 1. The smallest absolute Gasteiger partial charge is 0.263 e. The molecule has 0 saturated carbocycles. The third-order valence-electron chi connectivity index (χ3n) is 2.89. The lowest BCUT2D eigenvalue weighted by Gasteiger charge is -2.09. The van der Waals surface area contributed by atoms with Gasteiger partial charge in [0, 0.05) is 17.5 Å². The van der Waals surface area contributed by atoms with Crippen molar-refractivity contribution in [3.8, 4) is 10.6 Å². The fraction of sp³-hybridized carbons (Fsp3) is 0.429. The fourth-order valence-corrected chi connectivity index (χ4v) is 3.54. The average molecular weight is 310 g/mol. The molecule has 0 spiro atoms. The largest absolute Gasteiger partial charge is 0.391 e. The van der Waals surface area contributed by atoms with Gasteiger partial charge in [-0.1, -0.05) is 13.3 Å². The van der Waals surface area contributed by atoms with E-state index in [0.717, 1.165) is 22.7 Å². The first-order chi connectivity index (χ1) is 9.61. The molecule has 2 N–H and O–H groups in total. The van der Waals surface area contributed by atoms with E-state index in [2.05, 4.69) is 10.3 Å². The highest BCUT2D eigenvalue weighted by atomic mass is 32.1. The molecular weight excluding hydrogens is 292 g/mol. The van der Waals surface area contributed by atoms with Crippen molar-refractivity contribution in [1.82, 2.24) is 10.3 Å². The van der Waals surface area contributed by atoms with E-state index in [-0.39, 0.29) is 12.5 Å². The molecule has 108 valence electrons. The number of thiazole rings is 1. The number of carbonyl (C=O) groups is 1. The Morgan fingerprint density at radius 3 is 3.00 bits per heavy atom. The third-order valence-corrected chi connectivity index (χ3v) is 4.78. The summed E-state index contributed by atoms with van der Waals surface area (Å²) in [6.45, 7) is 4.13. The van der Waals surface area contributed by atoms with E-state index in [1.807, 2.05) is 30.7 Å². The lowest BCUT2D eigenvalue weighted by molar-refractivity contribution is 0.0913. The second-order valence-corrected chi connectivity index (χ2v) is 6.38. The van der Waals surface area contributed by atoms with Gasteiger partial charge in [0.25, 0.3) is 5.91 Å². The van der Waals surface area contributed by atoms with E-state index in [1.165, 1.54) is 11.3 Å². The summed E-state index contributed by atoms with van der Waals surface area (Å²) in [7, 11) is 0. The molecule has 0 aromatic carbocycles. The Bertz CT molecular complexity index is 564. The molecule has 0 aliphatic carbocycles. The van der Waals surface area contributed by atoms with Crippen LogP contribution in [0.2, 0.25) is 0 Å². The van der Waals surface area contributed by atoms with Crippen molar-refractivity contribution < 1.29 is 9.90 Å². The molecule has 6 heteroatoms. The number of amides is 1. The lowest BCUT2D eigenvalue weighted by atomic mass is 10.2. The summed E-state index contributed by atoms with van der Waals surface area (Å²) in [5.41, 5.74) is 1.78. The van der Waals surface area contributed by atoms with Crippen molar-refractivity contribution in [2.45, 2.75) is 32.8 Å². The summed E-state index contributed by atoms with van der Waals surface area (Å²) < 4.78 is 0. The predicted octanol–water partition coefficient (Wildman–Crippen LogP) is 3.07. The van der Waals surface area contributed by atoms with Crippen molar-refractivity contribution >= 4 is 28.6 Å². The molecule has 0 aliphatic heterocycles. The van der Waals surface area contributed by atoms with Crippen LogP contribution in [-0.2, 0) is 0 Å². The maximum Gasteiger partial charge on any atom is 0.263 e. The summed E-state index contributed by atoms with van der Waals surface area (Å²) in [6, 6.07) is 2.00. The van der Waals surface area contributed by atoms with E-state index in [1.54, 1.807) is 11.3 Å². The molecule has 2 rings (SSSR count). The topological polar surface area (TPSA) is 62.2 Å². The van der Waals surface area contributed by atoms with Gasteiger partial charge in [-0.2, -0.15) is 11.3 Å². The van der Waals surface area contributed by atoms with Crippen LogP contribution in [0, 0.1) is 6.92 Å². The molecule has 0 fully saturated rings. The number of nitrogens with one attached hydrogen (secondary N) is 1. The number of carbonyl (C=O) groups excluding carboxylic acids is 1. The third kappa shape index (κ3) is 3.65. The standard InChI is InChI=1S/C14H18N2O2S2/c1-3-4-11(17)7-15-13(18)12-9(2)16-14(20-12)10-5-6-19-8-10/h5-6,8,11,17H,3-4,7H2,1-2H3,(H,15,18). The number of aliphatic hydroxyl groups excluding tert-OH is 1. The number of hydrogen-bond acceptors (Lipinski definition) is 5. The van der Waals surface area contributed by atoms with Gasteiger partial charge < -0.3 is 10.4 Å². The van der Waals surface area contributed by atoms with Gasteiger partial charge in [-0.25, -0.2) is 4.98 Å². The van der Waals surface area contributed by atoms with Gasteiger partial charge in [0.1, 0.15) is 9.88 Å². The van der Waals surface area contributed by atoms with Crippen LogP contribution in [-0.4, -0.2) is 28.6 Å². The van der Waals surface area contributed by atoms with Crippen molar-refractivity contribution in [2.75, 3.05) is 6.54 Å². The quantitative estimate of drug-likeness (QED) is 0.862. The fourth-order valence-electron chi connectivity index (χ4n) is 1.84. The molecule has 2 heterocycles. The zero-order valence-corrected chi connectivity index (χ0v) is 13.2. The van der Waals surface area contributed by atoms with Crippen LogP contribution >= 0.6 is 22.7 Å². The highest BCUT2D eigenvalue weighted by Crippen LogP contribution is 2.29. The molecule has 4 nitrogen and oxygen atoms in total. The van der Waals surface area contributed by atoms with Crippen LogP contribution in [0.1, 0.15) is 35.1 Å². The Balaban J connectivity index is 2.03. The molecule has 0 radical (unpaired) electrons. The second-order valence-electron chi connectivity index (χ2n) is 4.60. The molecular formula is C14H18N2O2S2. The van der Waals surface area contributed by atoms with E-state index in [4.69, 9.17) is 0 Å². The number of aryl methyl sites for hydroxylation is 1. The van der Waals surface area contributed by atoms with E-state index in [9.17, 15) is 9.90 Å². The number of nitrogens with zero attached hydrogens (tertiary/aromatic N) is 1. The van der Waals surface area contributed by atoms with Gasteiger partial charge in [0.2, 0.25) is 0 Å². The summed E-state index contributed by atoms with van der Waals surface area (Å²) in [5.74, 6) is -0.156. The van der Waals surface area contributed by atoms with Gasteiger partial charge in [-0.15, -0.1) is 11.3 Å². The molecule has 2 aromatic heterocycles. The van der Waals surface area contributed by atoms with E-state index >= 15 is 0 Å². The first-order valence-corrected chi connectivity index (χ1v) is 8.34. The minimum Gasteiger partial charge on any atom is -0.391 e. The molecule has 1 amide bonds. The van der Waals surface area contributed by atoms with Crippen molar-refractivity contribution in [2.24, 2.45) is 0 Å². The van der Waals surface area contributed by atoms with Gasteiger partial charge in [-0.05, 0) is 24.8 Å². The van der Waals surface area contributed by atoms with E-state index < -0.39 is 6.10 Å². The van der Waals surface area contributed by atoms with Gasteiger partial charge in [0.05, 0.1) is 11.8 Å². The average Bonchev–Trinajstić information content (AvgIpc) is 3.05. The minimum absolute atomic E-state index is 0.156. The van der Waals surface area contributed by atoms with Crippen LogP contribution in [0.3, 0.4) is 0 Å². The van der Waals surface area contributed by atoms with Crippen LogP contribution in [0.5, 0.6) is 0 Å². The molecule has 1 atom stereocenters. The normalized spacial score (nSPS) is 12.3. The monoisotopic (exact) mass is 310 g/mol. The van der Waals surface area contributed by atoms with Crippen molar-refractivity contribution in [1.29, 1.82) is 0 Å². The summed E-state index contributed by atoms with van der Waals surface area (Å²) in [5, 5.41) is 17.3. The summed E-state index contributed by atoms with van der Waals surface area (Å²) in [4.78, 5) is 17.2. The second kappa shape index (κ2) is 6.97. The number of aliphatic hydroxyl groups is 1. The van der Waals surface area contributed by atoms with Gasteiger partial charge >= 0.3 is 0 Å². The molecule has 20 heavy (non-hydrogen) atoms. The minimum atomic E-state index is -0.478. The van der Waals surface area contributed by atoms with Crippen LogP contribution in [0.25, 0.3) is 10.6 Å². The molecule has 0 saturated heterocycles. The lowest BCUT2D eigenvalue weighted by Crippen LogP contribution is -2.31. The first-order valence-electron chi connectivity index (χ1n) is 6.58. The molecule has 0 aliphatic rings. The highest BCUT2D eigenvalue weighted by molar-refractivity contribution is 7.17. The Kier molecular flexibility index (Phi) is 5.28. The summed E-state index contributed by atoms with van der Waals surface area (Å²) >= 11 is 3.00.